The Balaban J connectivity index is 1.72. The summed E-state index contributed by atoms with van der Waals surface area (Å²) in [5, 5.41) is 6.81. The van der Waals surface area contributed by atoms with Crippen molar-refractivity contribution in [3.63, 3.8) is 0 Å². The minimum atomic E-state index is 0.418. The van der Waals surface area contributed by atoms with Gasteiger partial charge < -0.3 is 10.6 Å². The van der Waals surface area contributed by atoms with Crippen molar-refractivity contribution in [2.24, 2.45) is 17.8 Å². The molecule has 2 saturated carbocycles. The van der Waals surface area contributed by atoms with Crippen molar-refractivity contribution in [2.45, 2.75) is 45.4 Å². The van der Waals surface area contributed by atoms with Crippen LogP contribution in [0, 0.1) is 17.8 Å². The van der Waals surface area contributed by atoms with Gasteiger partial charge in [-0.3, -0.25) is 0 Å². The van der Waals surface area contributed by atoms with E-state index in [-0.39, 0.29) is 0 Å². The number of rotatable bonds is 7. The molecular formula is C16H26N4. The zero-order valence-corrected chi connectivity index (χ0v) is 12.8. The van der Waals surface area contributed by atoms with Gasteiger partial charge in [0, 0.05) is 19.2 Å². The van der Waals surface area contributed by atoms with Gasteiger partial charge in [0.25, 0.3) is 0 Å². The largest absolute Gasteiger partial charge is 0.373 e. The van der Waals surface area contributed by atoms with Gasteiger partial charge in [0.2, 0.25) is 0 Å². The lowest BCUT2D eigenvalue weighted by molar-refractivity contribution is 0.427. The summed E-state index contributed by atoms with van der Waals surface area (Å²) in [7, 11) is 1.93. The summed E-state index contributed by atoms with van der Waals surface area (Å²) in [6.07, 6.45) is 7.40. The Kier molecular flexibility index (Phi) is 3.81. The molecule has 1 aromatic rings. The van der Waals surface area contributed by atoms with Crippen LogP contribution >= 0.6 is 0 Å². The summed E-state index contributed by atoms with van der Waals surface area (Å²) in [4.78, 5) is 8.82. The fourth-order valence-corrected chi connectivity index (χ4v) is 3.26. The van der Waals surface area contributed by atoms with E-state index >= 15 is 0 Å². The third kappa shape index (κ3) is 2.89. The molecule has 2 N–H and O–H groups in total. The molecule has 0 radical (unpaired) electrons. The van der Waals surface area contributed by atoms with Crippen LogP contribution in [0.5, 0.6) is 0 Å². The minimum Gasteiger partial charge on any atom is -0.373 e. The first-order chi connectivity index (χ1) is 9.70. The quantitative estimate of drug-likeness (QED) is 0.799. The maximum atomic E-state index is 4.48. The number of hydrogen-bond donors (Lipinski definition) is 2. The average Bonchev–Trinajstić information content (AvgIpc) is 3.31. The fraction of sp³-hybridized carbons (Fsp3) is 0.750. The molecule has 20 heavy (non-hydrogen) atoms. The van der Waals surface area contributed by atoms with Gasteiger partial charge in [-0.2, -0.15) is 0 Å². The lowest BCUT2D eigenvalue weighted by Gasteiger charge is -2.20. The average molecular weight is 274 g/mol. The van der Waals surface area contributed by atoms with Gasteiger partial charge in [0.1, 0.15) is 18.0 Å². The molecule has 3 rings (SSSR count). The van der Waals surface area contributed by atoms with Crippen LogP contribution in [-0.4, -0.2) is 23.6 Å². The van der Waals surface area contributed by atoms with E-state index in [0.717, 1.165) is 35.9 Å². The van der Waals surface area contributed by atoms with Crippen LogP contribution in [0.4, 0.5) is 11.6 Å². The van der Waals surface area contributed by atoms with Crippen molar-refractivity contribution in [3.05, 3.63) is 11.9 Å². The SMILES string of the molecule is CNc1ncnc(NCC(C2CC2)C2CC2)c1C(C)C. The van der Waals surface area contributed by atoms with Gasteiger partial charge in [-0.25, -0.2) is 9.97 Å². The summed E-state index contributed by atoms with van der Waals surface area (Å²) in [5.41, 5.74) is 1.21. The molecule has 0 bridgehead atoms. The molecule has 0 unspecified atom stereocenters. The summed E-state index contributed by atoms with van der Waals surface area (Å²) < 4.78 is 0. The van der Waals surface area contributed by atoms with Crippen LogP contribution < -0.4 is 10.6 Å². The maximum absolute atomic E-state index is 4.48. The van der Waals surface area contributed by atoms with Crippen LogP contribution in [-0.2, 0) is 0 Å². The number of anilines is 2. The second-order valence-corrected chi connectivity index (χ2v) is 6.61. The van der Waals surface area contributed by atoms with Crippen molar-refractivity contribution in [3.8, 4) is 0 Å². The molecule has 2 aliphatic rings. The van der Waals surface area contributed by atoms with Gasteiger partial charge in [-0.15, -0.1) is 0 Å². The van der Waals surface area contributed by atoms with Crippen LogP contribution in [0.2, 0.25) is 0 Å². The van der Waals surface area contributed by atoms with Gasteiger partial charge in [-0.05, 0) is 49.4 Å². The first kappa shape index (κ1) is 13.7. The molecule has 0 atom stereocenters. The Morgan fingerprint density at radius 1 is 1.10 bits per heavy atom. The van der Waals surface area contributed by atoms with Crippen LogP contribution in [0.25, 0.3) is 0 Å². The zero-order valence-electron chi connectivity index (χ0n) is 12.8. The Hall–Kier alpha value is -1.32. The highest BCUT2D eigenvalue weighted by Crippen LogP contribution is 2.49. The number of nitrogens with one attached hydrogen (secondary N) is 2. The van der Waals surface area contributed by atoms with E-state index in [1.54, 1.807) is 6.33 Å². The predicted molar refractivity (Wildman–Crippen MR) is 83.1 cm³/mol. The molecule has 2 fully saturated rings. The number of nitrogens with zero attached hydrogens (tertiary/aromatic N) is 2. The maximum Gasteiger partial charge on any atom is 0.134 e. The normalized spacial score (nSPS) is 18.6. The summed E-state index contributed by atoms with van der Waals surface area (Å²) >= 11 is 0. The Morgan fingerprint density at radius 2 is 1.70 bits per heavy atom. The molecule has 0 saturated heterocycles. The molecule has 2 aliphatic carbocycles. The van der Waals surface area contributed by atoms with Gasteiger partial charge >= 0.3 is 0 Å². The molecule has 110 valence electrons. The van der Waals surface area contributed by atoms with Crippen molar-refractivity contribution >= 4 is 11.6 Å². The second kappa shape index (κ2) is 5.58. The van der Waals surface area contributed by atoms with Crippen molar-refractivity contribution in [1.29, 1.82) is 0 Å². The number of aromatic nitrogens is 2. The van der Waals surface area contributed by atoms with E-state index in [4.69, 9.17) is 0 Å². The predicted octanol–water partition coefficient (Wildman–Crippen LogP) is 3.49. The third-order valence-electron chi connectivity index (χ3n) is 4.66. The summed E-state index contributed by atoms with van der Waals surface area (Å²) in [6, 6.07) is 0. The fourth-order valence-electron chi connectivity index (χ4n) is 3.26. The Labute approximate surface area is 121 Å². The molecular weight excluding hydrogens is 248 g/mol. The molecule has 4 heteroatoms. The molecule has 0 spiro atoms. The van der Waals surface area contributed by atoms with E-state index in [2.05, 4.69) is 34.4 Å². The topological polar surface area (TPSA) is 49.8 Å². The van der Waals surface area contributed by atoms with E-state index in [1.165, 1.54) is 31.2 Å². The third-order valence-corrected chi connectivity index (χ3v) is 4.66. The standard InChI is InChI=1S/C16H26N4/c1-10(2)14-15(17-3)19-9-20-16(14)18-8-13(11-4-5-11)12-6-7-12/h9-13H,4-8H2,1-3H3,(H2,17,18,19,20). The van der Waals surface area contributed by atoms with E-state index < -0.39 is 0 Å². The smallest absolute Gasteiger partial charge is 0.134 e. The van der Waals surface area contributed by atoms with Crippen LogP contribution in [0.3, 0.4) is 0 Å². The molecule has 0 aromatic carbocycles. The van der Waals surface area contributed by atoms with E-state index in [0.29, 0.717) is 5.92 Å². The first-order valence-electron chi connectivity index (χ1n) is 7.97. The number of hydrogen-bond acceptors (Lipinski definition) is 4. The molecule has 4 nitrogen and oxygen atoms in total. The summed E-state index contributed by atoms with van der Waals surface area (Å²) in [6.45, 7) is 5.48. The highest BCUT2D eigenvalue weighted by Gasteiger charge is 2.41. The zero-order chi connectivity index (χ0) is 14.1. The molecule has 1 heterocycles. The summed E-state index contributed by atoms with van der Waals surface area (Å²) in [5.74, 6) is 5.20. The molecule has 0 aliphatic heterocycles. The molecule has 0 amide bonds. The highest BCUT2D eigenvalue weighted by molar-refractivity contribution is 5.58. The van der Waals surface area contributed by atoms with Gasteiger partial charge in [0.15, 0.2) is 0 Å². The highest BCUT2D eigenvalue weighted by atomic mass is 15.1. The second-order valence-electron chi connectivity index (χ2n) is 6.61. The Bertz CT molecular complexity index is 452. The van der Waals surface area contributed by atoms with E-state index in [9.17, 15) is 0 Å². The molecule has 1 aromatic heterocycles. The van der Waals surface area contributed by atoms with Crippen molar-refractivity contribution in [2.75, 3.05) is 24.2 Å². The van der Waals surface area contributed by atoms with Crippen LogP contribution in [0.1, 0.15) is 51.0 Å². The van der Waals surface area contributed by atoms with Crippen LogP contribution in [0.15, 0.2) is 6.33 Å². The lowest BCUT2D eigenvalue weighted by atomic mass is 9.97. The monoisotopic (exact) mass is 274 g/mol. The van der Waals surface area contributed by atoms with Crippen molar-refractivity contribution in [1.82, 2.24) is 9.97 Å². The van der Waals surface area contributed by atoms with Gasteiger partial charge in [-0.1, -0.05) is 13.8 Å². The first-order valence-corrected chi connectivity index (χ1v) is 7.97. The van der Waals surface area contributed by atoms with Gasteiger partial charge in [0.05, 0.1) is 0 Å². The van der Waals surface area contributed by atoms with Crippen molar-refractivity contribution < 1.29 is 0 Å². The Morgan fingerprint density at radius 3 is 2.20 bits per heavy atom. The van der Waals surface area contributed by atoms with E-state index in [1.807, 2.05) is 7.05 Å². The minimum absolute atomic E-state index is 0.418. The lowest BCUT2D eigenvalue weighted by Crippen LogP contribution is -2.20.